The Balaban J connectivity index is 2.10. The lowest BCUT2D eigenvalue weighted by molar-refractivity contribution is -0.141. The Labute approximate surface area is 118 Å². The number of aromatic nitrogens is 2. The van der Waals surface area contributed by atoms with E-state index in [-0.39, 0.29) is 18.1 Å². The SMILES string of the molecule is CC/C(C)=C/C(=O)N1C[C@@H](C)O[C@@H](c2nnc(C)o2)C1. The maximum atomic E-state index is 12.2. The number of aryl methyl sites for hydroxylation is 1. The molecule has 0 spiro atoms. The molecule has 1 fully saturated rings. The molecular weight excluding hydrogens is 258 g/mol. The van der Waals surface area contributed by atoms with Crippen molar-refractivity contribution in [3.8, 4) is 0 Å². The second-order valence-corrected chi connectivity index (χ2v) is 5.18. The third-order valence-corrected chi connectivity index (χ3v) is 3.32. The highest BCUT2D eigenvalue weighted by Crippen LogP contribution is 2.24. The Morgan fingerprint density at radius 2 is 2.20 bits per heavy atom. The molecule has 1 saturated heterocycles. The van der Waals surface area contributed by atoms with Gasteiger partial charge in [-0.15, -0.1) is 10.2 Å². The Morgan fingerprint density at radius 3 is 2.80 bits per heavy atom. The molecule has 0 saturated carbocycles. The Morgan fingerprint density at radius 1 is 1.45 bits per heavy atom. The quantitative estimate of drug-likeness (QED) is 0.792. The topological polar surface area (TPSA) is 68.5 Å². The molecule has 0 N–H and O–H groups in total. The molecule has 20 heavy (non-hydrogen) atoms. The summed E-state index contributed by atoms with van der Waals surface area (Å²) in [5.41, 5.74) is 1.07. The summed E-state index contributed by atoms with van der Waals surface area (Å²) in [5, 5.41) is 7.79. The average Bonchev–Trinajstić information content (AvgIpc) is 2.84. The summed E-state index contributed by atoms with van der Waals surface area (Å²) in [7, 11) is 0. The molecular formula is C14H21N3O3. The van der Waals surface area contributed by atoms with Gasteiger partial charge in [0.2, 0.25) is 17.7 Å². The van der Waals surface area contributed by atoms with E-state index in [4.69, 9.17) is 9.15 Å². The van der Waals surface area contributed by atoms with E-state index in [0.717, 1.165) is 12.0 Å². The van der Waals surface area contributed by atoms with Gasteiger partial charge in [0.05, 0.1) is 12.6 Å². The molecule has 6 nitrogen and oxygen atoms in total. The van der Waals surface area contributed by atoms with Gasteiger partial charge in [-0.1, -0.05) is 12.5 Å². The smallest absolute Gasteiger partial charge is 0.247 e. The second kappa shape index (κ2) is 6.17. The molecule has 110 valence electrons. The van der Waals surface area contributed by atoms with Crippen LogP contribution in [0.2, 0.25) is 0 Å². The van der Waals surface area contributed by atoms with Gasteiger partial charge in [0.15, 0.2) is 6.10 Å². The van der Waals surface area contributed by atoms with Crippen molar-refractivity contribution >= 4 is 5.91 Å². The van der Waals surface area contributed by atoms with Gasteiger partial charge in [0, 0.05) is 19.5 Å². The van der Waals surface area contributed by atoms with Gasteiger partial charge in [-0.2, -0.15) is 0 Å². The van der Waals surface area contributed by atoms with Crippen molar-refractivity contribution in [2.24, 2.45) is 0 Å². The van der Waals surface area contributed by atoms with Crippen LogP contribution in [0.3, 0.4) is 0 Å². The summed E-state index contributed by atoms with van der Waals surface area (Å²) in [4.78, 5) is 14.0. The standard InChI is InChI=1S/C14H21N3O3/c1-5-9(2)6-13(18)17-7-10(3)19-12(8-17)14-16-15-11(4)20-14/h6,10,12H,5,7-8H2,1-4H3/b9-6+/t10-,12-/m1/s1. The monoisotopic (exact) mass is 279 g/mol. The number of allylic oxidation sites excluding steroid dienone is 1. The molecule has 0 radical (unpaired) electrons. The minimum Gasteiger partial charge on any atom is -0.423 e. The maximum absolute atomic E-state index is 12.2. The van der Waals surface area contributed by atoms with Gasteiger partial charge in [-0.3, -0.25) is 4.79 Å². The van der Waals surface area contributed by atoms with Crippen molar-refractivity contribution in [2.45, 2.75) is 46.3 Å². The zero-order valence-electron chi connectivity index (χ0n) is 12.4. The molecule has 1 aromatic heterocycles. The number of hydrogen-bond acceptors (Lipinski definition) is 5. The van der Waals surface area contributed by atoms with Gasteiger partial charge in [0.1, 0.15) is 0 Å². The van der Waals surface area contributed by atoms with Gasteiger partial charge < -0.3 is 14.1 Å². The molecule has 2 rings (SSSR count). The lowest BCUT2D eigenvalue weighted by atomic mass is 10.1. The third kappa shape index (κ3) is 3.45. The lowest BCUT2D eigenvalue weighted by Crippen LogP contribution is -2.45. The minimum absolute atomic E-state index is 0.0146. The van der Waals surface area contributed by atoms with Crippen molar-refractivity contribution in [2.75, 3.05) is 13.1 Å². The summed E-state index contributed by atoms with van der Waals surface area (Å²) in [6.45, 7) is 8.69. The van der Waals surface area contributed by atoms with E-state index in [9.17, 15) is 4.79 Å². The van der Waals surface area contributed by atoms with Crippen molar-refractivity contribution in [3.05, 3.63) is 23.4 Å². The molecule has 2 heterocycles. The van der Waals surface area contributed by atoms with E-state index in [2.05, 4.69) is 10.2 Å². The van der Waals surface area contributed by atoms with Crippen LogP contribution < -0.4 is 0 Å². The van der Waals surface area contributed by atoms with Crippen LogP contribution in [0.1, 0.15) is 45.1 Å². The van der Waals surface area contributed by atoms with E-state index in [1.54, 1.807) is 17.9 Å². The Hall–Kier alpha value is -1.69. The van der Waals surface area contributed by atoms with E-state index in [1.807, 2.05) is 20.8 Å². The Bertz CT molecular complexity index is 510. The van der Waals surface area contributed by atoms with E-state index >= 15 is 0 Å². The van der Waals surface area contributed by atoms with Crippen LogP contribution >= 0.6 is 0 Å². The zero-order chi connectivity index (χ0) is 14.7. The number of carbonyl (C=O) groups excluding carboxylic acids is 1. The molecule has 0 unspecified atom stereocenters. The predicted molar refractivity (Wildman–Crippen MR) is 73.0 cm³/mol. The van der Waals surface area contributed by atoms with E-state index in [1.165, 1.54) is 0 Å². The first-order chi connectivity index (χ1) is 9.49. The molecule has 0 bridgehead atoms. The fourth-order valence-corrected chi connectivity index (χ4v) is 2.11. The maximum Gasteiger partial charge on any atom is 0.247 e. The fourth-order valence-electron chi connectivity index (χ4n) is 2.11. The van der Waals surface area contributed by atoms with Crippen LogP contribution in [0, 0.1) is 6.92 Å². The summed E-state index contributed by atoms with van der Waals surface area (Å²) in [6.07, 6.45) is 2.16. The van der Waals surface area contributed by atoms with Crippen molar-refractivity contribution < 1.29 is 13.9 Å². The highest BCUT2D eigenvalue weighted by Gasteiger charge is 2.31. The number of hydrogen-bond donors (Lipinski definition) is 0. The molecule has 0 aromatic carbocycles. The van der Waals surface area contributed by atoms with Crippen molar-refractivity contribution in [1.82, 2.24) is 15.1 Å². The zero-order valence-corrected chi connectivity index (χ0v) is 12.4. The normalized spacial score (nSPS) is 24.0. The average molecular weight is 279 g/mol. The van der Waals surface area contributed by atoms with Gasteiger partial charge in [0.25, 0.3) is 0 Å². The second-order valence-electron chi connectivity index (χ2n) is 5.18. The van der Waals surface area contributed by atoms with Crippen LogP contribution in [0.5, 0.6) is 0 Å². The molecule has 0 aliphatic carbocycles. The van der Waals surface area contributed by atoms with Crippen LogP contribution in [0.15, 0.2) is 16.1 Å². The summed E-state index contributed by atoms with van der Waals surface area (Å²) < 4.78 is 11.2. The summed E-state index contributed by atoms with van der Waals surface area (Å²) >= 11 is 0. The summed E-state index contributed by atoms with van der Waals surface area (Å²) in [6, 6.07) is 0. The van der Waals surface area contributed by atoms with Crippen LogP contribution in [0.4, 0.5) is 0 Å². The highest BCUT2D eigenvalue weighted by molar-refractivity contribution is 5.88. The molecule has 1 amide bonds. The fraction of sp³-hybridized carbons (Fsp3) is 0.643. The predicted octanol–water partition coefficient (Wildman–Crippen LogP) is 2.02. The molecule has 1 aliphatic rings. The number of rotatable bonds is 3. The lowest BCUT2D eigenvalue weighted by Gasteiger charge is -2.34. The van der Waals surface area contributed by atoms with E-state index in [0.29, 0.717) is 24.9 Å². The van der Waals surface area contributed by atoms with Gasteiger partial charge >= 0.3 is 0 Å². The number of nitrogens with zero attached hydrogens (tertiary/aromatic N) is 3. The van der Waals surface area contributed by atoms with E-state index < -0.39 is 0 Å². The minimum atomic E-state index is -0.348. The number of carbonyl (C=O) groups is 1. The highest BCUT2D eigenvalue weighted by atomic mass is 16.5. The van der Waals surface area contributed by atoms with Crippen LogP contribution in [0.25, 0.3) is 0 Å². The number of ether oxygens (including phenoxy) is 1. The molecule has 1 aromatic rings. The largest absolute Gasteiger partial charge is 0.423 e. The molecule has 1 aliphatic heterocycles. The van der Waals surface area contributed by atoms with Crippen molar-refractivity contribution in [1.29, 1.82) is 0 Å². The summed E-state index contributed by atoms with van der Waals surface area (Å²) in [5.74, 6) is 0.949. The van der Waals surface area contributed by atoms with Crippen LogP contribution in [-0.4, -0.2) is 40.2 Å². The van der Waals surface area contributed by atoms with Gasteiger partial charge in [-0.05, 0) is 20.3 Å². The molecule has 2 atom stereocenters. The third-order valence-electron chi connectivity index (χ3n) is 3.32. The van der Waals surface area contributed by atoms with Gasteiger partial charge in [-0.25, -0.2) is 0 Å². The number of morpholine rings is 1. The number of amides is 1. The van der Waals surface area contributed by atoms with Crippen molar-refractivity contribution in [3.63, 3.8) is 0 Å². The van der Waals surface area contributed by atoms with Crippen LogP contribution in [-0.2, 0) is 9.53 Å². The first-order valence-corrected chi connectivity index (χ1v) is 6.91. The first kappa shape index (κ1) is 14.7. The Kier molecular flexibility index (Phi) is 4.54. The molecule has 6 heteroatoms. The first-order valence-electron chi connectivity index (χ1n) is 6.91.